The normalized spacial score (nSPS) is 17.3. The third-order valence-corrected chi connectivity index (χ3v) is 4.83. The number of hydrogen-bond donors (Lipinski definition) is 3. The highest BCUT2D eigenvalue weighted by Crippen LogP contribution is 2.38. The number of aliphatic hydroxyl groups is 1. The lowest BCUT2D eigenvalue weighted by Crippen LogP contribution is -2.11. The topological polar surface area (TPSA) is 48.0 Å². The lowest BCUT2D eigenvalue weighted by molar-refractivity contribution is 0.262. The van der Waals surface area contributed by atoms with Gasteiger partial charge >= 0.3 is 0 Å². The van der Waals surface area contributed by atoms with Gasteiger partial charge in [-0.1, -0.05) is 6.07 Å². The molecule has 3 N–H and O–H groups in total. The summed E-state index contributed by atoms with van der Waals surface area (Å²) in [6.07, 6.45) is 1.90. The standard InChI is InChI=1S/C16H13FN2OS/c17-10-2-3-11-13(7-18-14(11)6-10)9-1-4-16-12(5-9)15(8-20)19-21-16/h1-7,15,18-20H,8H2. The number of H-pyrrole nitrogens is 1. The summed E-state index contributed by atoms with van der Waals surface area (Å²) < 4.78 is 16.5. The summed E-state index contributed by atoms with van der Waals surface area (Å²) in [6, 6.07) is 10.9. The summed E-state index contributed by atoms with van der Waals surface area (Å²) in [7, 11) is 0. The lowest BCUT2D eigenvalue weighted by atomic mass is 9.99. The first-order chi connectivity index (χ1) is 10.3. The van der Waals surface area contributed by atoms with E-state index in [1.165, 1.54) is 12.1 Å². The van der Waals surface area contributed by atoms with Gasteiger partial charge in [-0.3, -0.25) is 0 Å². The molecule has 0 amide bonds. The van der Waals surface area contributed by atoms with Crippen LogP contribution in [0.15, 0.2) is 47.5 Å². The Bertz CT molecular complexity index is 830. The molecule has 1 aliphatic rings. The van der Waals surface area contributed by atoms with Crippen molar-refractivity contribution in [3.8, 4) is 11.1 Å². The number of halogens is 1. The van der Waals surface area contributed by atoms with Crippen molar-refractivity contribution in [3.05, 3.63) is 54.0 Å². The molecule has 0 radical (unpaired) electrons. The van der Waals surface area contributed by atoms with E-state index < -0.39 is 0 Å². The van der Waals surface area contributed by atoms with Crippen molar-refractivity contribution < 1.29 is 9.50 Å². The number of benzene rings is 2. The monoisotopic (exact) mass is 300 g/mol. The van der Waals surface area contributed by atoms with Crippen LogP contribution in [0.5, 0.6) is 0 Å². The molecule has 1 atom stereocenters. The molecular weight excluding hydrogens is 287 g/mol. The molecule has 3 nitrogen and oxygen atoms in total. The quantitative estimate of drug-likeness (QED) is 0.634. The smallest absolute Gasteiger partial charge is 0.125 e. The Hall–Kier alpha value is -1.82. The average Bonchev–Trinajstić information content (AvgIpc) is 3.09. The van der Waals surface area contributed by atoms with E-state index in [2.05, 4.69) is 27.9 Å². The molecule has 106 valence electrons. The number of aromatic nitrogens is 1. The van der Waals surface area contributed by atoms with Crippen molar-refractivity contribution in [2.45, 2.75) is 10.9 Å². The third-order valence-electron chi connectivity index (χ3n) is 3.83. The van der Waals surface area contributed by atoms with Gasteiger partial charge in [-0.15, -0.1) is 0 Å². The molecule has 1 aliphatic heterocycles. The van der Waals surface area contributed by atoms with Gasteiger partial charge in [0.1, 0.15) is 5.82 Å². The predicted molar refractivity (Wildman–Crippen MR) is 82.5 cm³/mol. The fourth-order valence-electron chi connectivity index (χ4n) is 2.75. The first kappa shape index (κ1) is 12.9. The van der Waals surface area contributed by atoms with Crippen LogP contribution in [0.3, 0.4) is 0 Å². The van der Waals surface area contributed by atoms with Crippen LogP contribution in [-0.2, 0) is 0 Å². The Labute approximate surface area is 125 Å². The van der Waals surface area contributed by atoms with Crippen LogP contribution in [0.4, 0.5) is 4.39 Å². The second kappa shape index (κ2) is 4.87. The molecule has 2 aromatic carbocycles. The second-order valence-electron chi connectivity index (χ2n) is 5.10. The van der Waals surface area contributed by atoms with E-state index in [0.717, 1.165) is 32.5 Å². The fraction of sp³-hybridized carbons (Fsp3) is 0.125. The molecule has 0 saturated heterocycles. The highest BCUT2D eigenvalue weighted by Gasteiger charge is 2.22. The van der Waals surface area contributed by atoms with Crippen molar-refractivity contribution in [1.29, 1.82) is 0 Å². The number of nitrogens with one attached hydrogen (secondary N) is 2. The molecule has 2 heterocycles. The van der Waals surface area contributed by atoms with Crippen LogP contribution in [0.2, 0.25) is 0 Å². The van der Waals surface area contributed by atoms with E-state index >= 15 is 0 Å². The van der Waals surface area contributed by atoms with Gasteiger partial charge in [-0.25, -0.2) is 9.11 Å². The van der Waals surface area contributed by atoms with Crippen molar-refractivity contribution >= 4 is 22.9 Å². The highest BCUT2D eigenvalue weighted by atomic mass is 32.2. The average molecular weight is 300 g/mol. The van der Waals surface area contributed by atoms with Crippen LogP contribution >= 0.6 is 11.9 Å². The van der Waals surface area contributed by atoms with Crippen molar-refractivity contribution in [3.63, 3.8) is 0 Å². The maximum absolute atomic E-state index is 13.3. The maximum atomic E-state index is 13.3. The molecule has 1 unspecified atom stereocenters. The highest BCUT2D eigenvalue weighted by molar-refractivity contribution is 7.97. The van der Waals surface area contributed by atoms with Crippen molar-refractivity contribution in [2.24, 2.45) is 0 Å². The summed E-state index contributed by atoms with van der Waals surface area (Å²) in [5, 5.41) is 10.4. The summed E-state index contributed by atoms with van der Waals surface area (Å²) in [5.41, 5.74) is 4.00. The van der Waals surface area contributed by atoms with Crippen LogP contribution in [-0.4, -0.2) is 16.7 Å². The zero-order valence-electron chi connectivity index (χ0n) is 11.1. The number of hydrogen-bond acceptors (Lipinski definition) is 3. The summed E-state index contributed by atoms with van der Waals surface area (Å²) >= 11 is 1.54. The van der Waals surface area contributed by atoms with Crippen LogP contribution in [0.25, 0.3) is 22.0 Å². The van der Waals surface area contributed by atoms with E-state index in [1.807, 2.05) is 6.20 Å². The first-order valence-corrected chi connectivity index (χ1v) is 7.52. The van der Waals surface area contributed by atoms with Gasteiger partial charge in [0, 0.05) is 27.6 Å². The van der Waals surface area contributed by atoms with E-state index in [9.17, 15) is 9.50 Å². The van der Waals surface area contributed by atoms with Gasteiger partial charge in [0.2, 0.25) is 0 Å². The predicted octanol–water partition coefficient (Wildman–Crippen LogP) is 3.62. The van der Waals surface area contributed by atoms with Gasteiger partial charge < -0.3 is 10.1 Å². The molecule has 4 rings (SSSR count). The zero-order chi connectivity index (χ0) is 14.4. The van der Waals surface area contributed by atoms with Crippen molar-refractivity contribution in [1.82, 2.24) is 9.71 Å². The van der Waals surface area contributed by atoms with E-state index in [1.54, 1.807) is 18.0 Å². The number of aromatic amines is 1. The largest absolute Gasteiger partial charge is 0.394 e. The fourth-order valence-corrected chi connectivity index (χ4v) is 3.68. The van der Waals surface area contributed by atoms with Crippen LogP contribution in [0, 0.1) is 5.82 Å². The van der Waals surface area contributed by atoms with Gasteiger partial charge in [-0.2, -0.15) is 0 Å². The third kappa shape index (κ3) is 2.05. The number of rotatable bonds is 2. The van der Waals surface area contributed by atoms with E-state index in [4.69, 9.17) is 0 Å². The van der Waals surface area contributed by atoms with Crippen LogP contribution < -0.4 is 4.72 Å². The summed E-state index contributed by atoms with van der Waals surface area (Å²) in [4.78, 5) is 4.25. The van der Waals surface area contributed by atoms with Crippen molar-refractivity contribution in [2.75, 3.05) is 6.61 Å². The lowest BCUT2D eigenvalue weighted by Gasteiger charge is -2.08. The molecule has 0 fully saturated rings. The second-order valence-corrected chi connectivity index (χ2v) is 5.98. The number of fused-ring (bicyclic) bond motifs is 2. The minimum absolute atomic E-state index is 0.0346. The van der Waals surface area contributed by atoms with Gasteiger partial charge in [0.25, 0.3) is 0 Å². The first-order valence-electron chi connectivity index (χ1n) is 6.70. The minimum atomic E-state index is -0.245. The Morgan fingerprint density at radius 2 is 2.10 bits per heavy atom. The Morgan fingerprint density at radius 1 is 1.19 bits per heavy atom. The van der Waals surface area contributed by atoms with Gasteiger partial charge in [0.05, 0.1) is 12.6 Å². The molecular formula is C16H13FN2OS. The van der Waals surface area contributed by atoms with Crippen LogP contribution in [0.1, 0.15) is 11.6 Å². The summed E-state index contributed by atoms with van der Waals surface area (Å²) in [6.45, 7) is 0.0720. The SMILES string of the molecule is OCC1NSc2ccc(-c3c[nH]c4cc(F)ccc34)cc21. The molecule has 1 aromatic heterocycles. The molecule has 3 aromatic rings. The molecule has 5 heteroatoms. The zero-order valence-corrected chi connectivity index (χ0v) is 11.9. The Morgan fingerprint density at radius 3 is 2.95 bits per heavy atom. The molecule has 0 spiro atoms. The molecule has 0 saturated carbocycles. The Balaban J connectivity index is 1.86. The Kier molecular flexibility index (Phi) is 2.99. The minimum Gasteiger partial charge on any atom is -0.394 e. The number of aliphatic hydroxyl groups excluding tert-OH is 1. The van der Waals surface area contributed by atoms with Gasteiger partial charge in [0.15, 0.2) is 0 Å². The molecule has 0 bridgehead atoms. The van der Waals surface area contributed by atoms with Gasteiger partial charge in [-0.05, 0) is 53.4 Å². The van der Waals surface area contributed by atoms with E-state index in [0.29, 0.717) is 0 Å². The molecule has 0 aliphatic carbocycles. The van der Waals surface area contributed by atoms with E-state index in [-0.39, 0.29) is 18.5 Å². The summed E-state index contributed by atoms with van der Waals surface area (Å²) in [5.74, 6) is -0.245. The molecule has 21 heavy (non-hydrogen) atoms. The maximum Gasteiger partial charge on any atom is 0.125 e.